The molecule has 0 amide bonds. The van der Waals surface area contributed by atoms with Crippen LogP contribution in [0.2, 0.25) is 0 Å². The Labute approximate surface area is 124 Å². The molecular weight excluding hydrogens is 295 g/mol. The number of benzene rings is 1. The van der Waals surface area contributed by atoms with Gasteiger partial charge in [0.15, 0.2) is 0 Å². The Morgan fingerprint density at radius 3 is 2.52 bits per heavy atom. The van der Waals surface area contributed by atoms with E-state index >= 15 is 0 Å². The summed E-state index contributed by atoms with van der Waals surface area (Å²) < 4.78 is 39.9. The molecule has 7 heteroatoms. The van der Waals surface area contributed by atoms with Crippen molar-refractivity contribution >= 4 is 10.0 Å². The molecule has 2 N–H and O–H groups in total. The van der Waals surface area contributed by atoms with E-state index in [2.05, 4.69) is 4.72 Å². The average molecular weight is 314 g/mol. The molecule has 0 aliphatic heterocycles. The molecule has 1 unspecified atom stereocenters. The minimum atomic E-state index is -4.04. The lowest BCUT2D eigenvalue weighted by Gasteiger charge is -2.20. The molecule has 0 fully saturated rings. The molecule has 0 saturated carbocycles. The molecule has 0 aliphatic carbocycles. The number of rotatable bonds is 7. The highest BCUT2D eigenvalue weighted by atomic mass is 32.2. The van der Waals surface area contributed by atoms with Gasteiger partial charge in [0.05, 0.1) is 6.10 Å². The van der Waals surface area contributed by atoms with Gasteiger partial charge in [-0.1, -0.05) is 32.8 Å². The van der Waals surface area contributed by atoms with E-state index in [9.17, 15) is 17.9 Å². The summed E-state index contributed by atoms with van der Waals surface area (Å²) in [5.74, 6) is -0.906. The summed E-state index contributed by atoms with van der Waals surface area (Å²) >= 11 is 0. The largest absolute Gasteiger partial charge is 0.391 e. The van der Waals surface area contributed by atoms with Crippen LogP contribution in [-0.2, 0) is 10.0 Å². The van der Waals surface area contributed by atoms with Gasteiger partial charge in [0.25, 0.3) is 0 Å². The van der Waals surface area contributed by atoms with Gasteiger partial charge in [-0.3, -0.25) is 0 Å². The van der Waals surface area contributed by atoms with Crippen molar-refractivity contribution in [2.24, 2.45) is 5.92 Å². The Hall–Kier alpha value is -1.49. The van der Waals surface area contributed by atoms with Crippen molar-refractivity contribution in [2.75, 3.05) is 6.54 Å². The molecule has 0 spiro atoms. The quantitative estimate of drug-likeness (QED) is 0.802. The molecule has 21 heavy (non-hydrogen) atoms. The molecule has 0 aromatic heterocycles. The fourth-order valence-electron chi connectivity index (χ4n) is 2.11. The number of sulfonamides is 1. The highest BCUT2D eigenvalue weighted by Crippen LogP contribution is 2.18. The number of halogens is 1. The molecule has 1 aromatic carbocycles. The SMILES string of the molecule is CCC(CC)C(O)CNS(=O)(=O)c1cccc(F)c1C#N. The lowest BCUT2D eigenvalue weighted by atomic mass is 9.97. The van der Waals surface area contributed by atoms with Crippen molar-refractivity contribution in [2.45, 2.75) is 37.7 Å². The van der Waals surface area contributed by atoms with Crippen molar-refractivity contribution in [1.29, 1.82) is 5.26 Å². The number of nitrogens with zero attached hydrogens (tertiary/aromatic N) is 1. The van der Waals surface area contributed by atoms with Crippen LogP contribution in [0.5, 0.6) is 0 Å². The zero-order chi connectivity index (χ0) is 16.0. The highest BCUT2D eigenvalue weighted by Gasteiger charge is 2.23. The van der Waals surface area contributed by atoms with Gasteiger partial charge in [0.1, 0.15) is 22.3 Å². The minimum Gasteiger partial charge on any atom is -0.391 e. The predicted octanol–water partition coefficient (Wildman–Crippen LogP) is 1.77. The zero-order valence-corrected chi connectivity index (χ0v) is 12.8. The van der Waals surface area contributed by atoms with E-state index in [-0.39, 0.29) is 12.5 Å². The highest BCUT2D eigenvalue weighted by molar-refractivity contribution is 7.89. The maximum absolute atomic E-state index is 13.5. The maximum Gasteiger partial charge on any atom is 0.242 e. The first-order valence-corrected chi connectivity index (χ1v) is 8.22. The molecule has 1 rings (SSSR count). The fraction of sp³-hybridized carbons (Fsp3) is 0.500. The number of nitrogens with one attached hydrogen (secondary N) is 1. The number of aliphatic hydroxyl groups is 1. The summed E-state index contributed by atoms with van der Waals surface area (Å²) in [5, 5.41) is 18.8. The molecular formula is C14H19FN2O3S. The van der Waals surface area contributed by atoms with Crippen LogP contribution < -0.4 is 4.72 Å². The molecule has 0 aliphatic rings. The Balaban J connectivity index is 2.94. The Morgan fingerprint density at radius 1 is 1.38 bits per heavy atom. The van der Waals surface area contributed by atoms with E-state index in [4.69, 9.17) is 5.26 Å². The van der Waals surface area contributed by atoms with Crippen LogP contribution in [-0.4, -0.2) is 26.2 Å². The maximum atomic E-state index is 13.5. The molecule has 0 saturated heterocycles. The molecule has 0 heterocycles. The standard InChI is InChI=1S/C14H19FN2O3S/c1-3-10(4-2)13(18)9-17-21(19,20)14-7-5-6-12(15)11(14)8-16/h5-7,10,13,17-18H,3-4,9H2,1-2H3. The van der Waals surface area contributed by atoms with E-state index in [1.54, 1.807) is 6.07 Å². The van der Waals surface area contributed by atoms with E-state index < -0.39 is 32.4 Å². The topological polar surface area (TPSA) is 90.2 Å². The minimum absolute atomic E-state index is 0.0179. The van der Waals surface area contributed by atoms with Crippen LogP contribution >= 0.6 is 0 Å². The third kappa shape index (κ3) is 4.24. The summed E-state index contributed by atoms with van der Waals surface area (Å²) in [7, 11) is -4.04. The zero-order valence-electron chi connectivity index (χ0n) is 12.0. The number of nitriles is 1. The second-order valence-corrected chi connectivity index (χ2v) is 6.46. The Morgan fingerprint density at radius 2 is 2.00 bits per heavy atom. The second kappa shape index (κ2) is 7.50. The summed E-state index contributed by atoms with van der Waals surface area (Å²) in [4.78, 5) is -0.415. The predicted molar refractivity (Wildman–Crippen MR) is 76.4 cm³/mol. The van der Waals surface area contributed by atoms with Gasteiger partial charge in [0, 0.05) is 6.54 Å². The monoisotopic (exact) mass is 314 g/mol. The number of hydrogen-bond acceptors (Lipinski definition) is 4. The first-order chi connectivity index (χ1) is 9.87. The second-order valence-electron chi connectivity index (χ2n) is 4.72. The van der Waals surface area contributed by atoms with Gasteiger partial charge in [-0.2, -0.15) is 5.26 Å². The van der Waals surface area contributed by atoms with Gasteiger partial charge in [-0.15, -0.1) is 0 Å². The smallest absolute Gasteiger partial charge is 0.242 e. The lowest BCUT2D eigenvalue weighted by Crippen LogP contribution is -2.36. The molecule has 1 atom stereocenters. The van der Waals surface area contributed by atoms with Crippen LogP contribution in [0.4, 0.5) is 4.39 Å². The fourth-order valence-corrected chi connectivity index (χ4v) is 3.32. The van der Waals surface area contributed by atoms with Crippen LogP contribution in [0.1, 0.15) is 32.3 Å². The molecule has 0 radical (unpaired) electrons. The molecule has 116 valence electrons. The summed E-state index contributed by atoms with van der Waals surface area (Å²) in [6, 6.07) is 4.95. The van der Waals surface area contributed by atoms with Gasteiger partial charge >= 0.3 is 0 Å². The van der Waals surface area contributed by atoms with Crippen molar-refractivity contribution < 1.29 is 17.9 Å². The first kappa shape index (κ1) is 17.6. The Kier molecular flexibility index (Phi) is 6.27. The van der Waals surface area contributed by atoms with Crippen molar-refractivity contribution in [3.63, 3.8) is 0 Å². The lowest BCUT2D eigenvalue weighted by molar-refractivity contribution is 0.107. The van der Waals surface area contributed by atoms with Gasteiger partial charge in [-0.05, 0) is 18.1 Å². The third-order valence-electron chi connectivity index (χ3n) is 3.45. The van der Waals surface area contributed by atoms with Crippen LogP contribution in [0.25, 0.3) is 0 Å². The van der Waals surface area contributed by atoms with Gasteiger partial charge in [-0.25, -0.2) is 17.5 Å². The van der Waals surface area contributed by atoms with Crippen molar-refractivity contribution in [3.05, 3.63) is 29.6 Å². The molecule has 5 nitrogen and oxygen atoms in total. The first-order valence-electron chi connectivity index (χ1n) is 6.73. The van der Waals surface area contributed by atoms with Gasteiger partial charge in [0.2, 0.25) is 10.0 Å². The average Bonchev–Trinajstić information content (AvgIpc) is 2.46. The van der Waals surface area contributed by atoms with Crippen LogP contribution in [0.3, 0.4) is 0 Å². The number of aliphatic hydroxyl groups excluding tert-OH is 1. The van der Waals surface area contributed by atoms with E-state index in [1.807, 2.05) is 13.8 Å². The Bertz CT molecular complexity index is 622. The summed E-state index contributed by atoms with van der Waals surface area (Å²) in [5.41, 5.74) is -0.526. The van der Waals surface area contributed by atoms with E-state index in [1.165, 1.54) is 6.07 Å². The third-order valence-corrected chi connectivity index (χ3v) is 4.92. The van der Waals surface area contributed by atoms with E-state index in [0.717, 1.165) is 25.0 Å². The summed E-state index contributed by atoms with van der Waals surface area (Å²) in [6.45, 7) is 3.65. The number of hydrogen-bond donors (Lipinski definition) is 2. The molecule has 1 aromatic rings. The van der Waals surface area contributed by atoms with Crippen LogP contribution in [0, 0.1) is 23.1 Å². The summed E-state index contributed by atoms with van der Waals surface area (Å²) in [6.07, 6.45) is 0.625. The van der Waals surface area contributed by atoms with Crippen LogP contribution in [0.15, 0.2) is 23.1 Å². The van der Waals surface area contributed by atoms with E-state index in [0.29, 0.717) is 0 Å². The normalized spacial score (nSPS) is 13.1. The molecule has 0 bridgehead atoms. The van der Waals surface area contributed by atoms with Crippen molar-refractivity contribution in [1.82, 2.24) is 4.72 Å². The van der Waals surface area contributed by atoms with Gasteiger partial charge < -0.3 is 5.11 Å². The van der Waals surface area contributed by atoms with Crippen molar-refractivity contribution in [3.8, 4) is 6.07 Å².